The smallest absolute Gasteiger partial charge is 0.0899 e. The highest BCUT2D eigenvalue weighted by Crippen LogP contribution is 2.38. The van der Waals surface area contributed by atoms with Crippen LogP contribution in [0.5, 0.6) is 0 Å². The van der Waals surface area contributed by atoms with Crippen molar-refractivity contribution >= 4 is 0 Å². The Morgan fingerprint density at radius 1 is 1.07 bits per heavy atom. The summed E-state index contributed by atoms with van der Waals surface area (Å²) in [5.74, 6) is 0. The van der Waals surface area contributed by atoms with Crippen molar-refractivity contribution < 1.29 is 5.11 Å². The summed E-state index contributed by atoms with van der Waals surface area (Å²) in [6, 6.07) is 6.39. The molecule has 15 heavy (non-hydrogen) atoms. The summed E-state index contributed by atoms with van der Waals surface area (Å²) in [6.07, 6.45) is 5.44. The van der Waals surface area contributed by atoms with E-state index in [0.29, 0.717) is 0 Å². The van der Waals surface area contributed by atoms with Gasteiger partial charge in [-0.05, 0) is 37.8 Å². The Hall–Kier alpha value is -0.820. The van der Waals surface area contributed by atoms with Gasteiger partial charge in [0.1, 0.15) is 0 Å². The van der Waals surface area contributed by atoms with Gasteiger partial charge in [-0.25, -0.2) is 0 Å². The van der Waals surface area contributed by atoms with E-state index in [-0.39, 0.29) is 0 Å². The zero-order chi connectivity index (χ0) is 10.9. The van der Waals surface area contributed by atoms with Gasteiger partial charge < -0.3 is 5.11 Å². The molecule has 0 saturated heterocycles. The van der Waals surface area contributed by atoms with Crippen molar-refractivity contribution in [1.82, 2.24) is 0 Å². The Morgan fingerprint density at radius 2 is 1.73 bits per heavy atom. The molecule has 1 saturated carbocycles. The van der Waals surface area contributed by atoms with Crippen molar-refractivity contribution in [3.63, 3.8) is 0 Å². The van der Waals surface area contributed by atoms with Gasteiger partial charge in [0.2, 0.25) is 0 Å². The normalized spacial score (nSPS) is 20.2. The highest BCUT2D eigenvalue weighted by Gasteiger charge is 2.32. The van der Waals surface area contributed by atoms with Crippen LogP contribution in [-0.4, -0.2) is 5.11 Å². The summed E-state index contributed by atoms with van der Waals surface area (Å²) >= 11 is 0. The molecule has 1 heteroatoms. The zero-order valence-corrected chi connectivity index (χ0v) is 9.71. The van der Waals surface area contributed by atoms with Crippen LogP contribution in [0.3, 0.4) is 0 Å². The molecule has 1 aliphatic rings. The van der Waals surface area contributed by atoms with Gasteiger partial charge in [-0.2, -0.15) is 0 Å². The van der Waals surface area contributed by atoms with Crippen molar-refractivity contribution in [3.05, 3.63) is 34.9 Å². The van der Waals surface area contributed by atoms with E-state index in [0.717, 1.165) is 31.2 Å². The second-order valence-electron chi connectivity index (χ2n) is 4.91. The minimum atomic E-state index is -0.547. The summed E-state index contributed by atoms with van der Waals surface area (Å²) in [7, 11) is 0. The van der Waals surface area contributed by atoms with Gasteiger partial charge in [0.05, 0.1) is 5.60 Å². The number of aliphatic hydroxyl groups is 1. The van der Waals surface area contributed by atoms with Crippen LogP contribution in [0.4, 0.5) is 0 Å². The first-order valence-corrected chi connectivity index (χ1v) is 5.92. The summed E-state index contributed by atoms with van der Waals surface area (Å²) in [4.78, 5) is 0. The molecule has 1 nitrogen and oxygen atoms in total. The fourth-order valence-corrected chi connectivity index (χ4v) is 2.64. The third kappa shape index (κ3) is 2.07. The van der Waals surface area contributed by atoms with Crippen LogP contribution in [0.25, 0.3) is 0 Å². The number of rotatable bonds is 1. The van der Waals surface area contributed by atoms with Crippen LogP contribution in [-0.2, 0) is 5.60 Å². The van der Waals surface area contributed by atoms with E-state index in [1.807, 2.05) is 0 Å². The highest BCUT2D eigenvalue weighted by molar-refractivity contribution is 5.35. The van der Waals surface area contributed by atoms with E-state index in [2.05, 4.69) is 32.0 Å². The summed E-state index contributed by atoms with van der Waals surface area (Å²) < 4.78 is 0. The van der Waals surface area contributed by atoms with Gasteiger partial charge in [-0.1, -0.05) is 43.0 Å². The Labute approximate surface area is 92.1 Å². The van der Waals surface area contributed by atoms with Crippen molar-refractivity contribution in [2.24, 2.45) is 0 Å². The van der Waals surface area contributed by atoms with Crippen molar-refractivity contribution in [2.45, 2.75) is 51.6 Å². The lowest BCUT2D eigenvalue weighted by Gasteiger charge is -2.34. The number of hydrogen-bond acceptors (Lipinski definition) is 1. The molecule has 0 unspecified atom stereocenters. The second-order valence-corrected chi connectivity index (χ2v) is 4.91. The molecule has 82 valence electrons. The first-order valence-electron chi connectivity index (χ1n) is 5.92. The topological polar surface area (TPSA) is 20.2 Å². The summed E-state index contributed by atoms with van der Waals surface area (Å²) in [6.45, 7) is 4.19. The maximum Gasteiger partial charge on any atom is 0.0899 e. The first-order chi connectivity index (χ1) is 7.12. The fraction of sp³-hybridized carbons (Fsp3) is 0.571. The molecule has 0 bridgehead atoms. The van der Waals surface area contributed by atoms with E-state index in [1.165, 1.54) is 17.5 Å². The van der Waals surface area contributed by atoms with Crippen molar-refractivity contribution in [1.29, 1.82) is 0 Å². The average molecular weight is 204 g/mol. The zero-order valence-electron chi connectivity index (χ0n) is 9.71. The molecule has 0 aliphatic heterocycles. The molecule has 0 spiro atoms. The molecule has 0 atom stereocenters. The van der Waals surface area contributed by atoms with Gasteiger partial charge in [0.25, 0.3) is 0 Å². The minimum Gasteiger partial charge on any atom is -0.385 e. The molecule has 1 aromatic rings. The molecule has 1 N–H and O–H groups in total. The molecule has 1 aromatic carbocycles. The molecule has 0 amide bonds. The average Bonchev–Trinajstić information content (AvgIpc) is 2.23. The standard InChI is InChI=1S/C14H20O/c1-11-6-7-12(2)13(10-11)14(15)8-4-3-5-9-14/h6-7,10,15H,3-5,8-9H2,1-2H3. The second kappa shape index (κ2) is 3.97. The predicted molar refractivity (Wildman–Crippen MR) is 62.9 cm³/mol. The van der Waals surface area contributed by atoms with E-state index in [4.69, 9.17) is 0 Å². The molecule has 1 fully saturated rings. The fourth-order valence-electron chi connectivity index (χ4n) is 2.64. The molecule has 1 aliphatic carbocycles. The summed E-state index contributed by atoms with van der Waals surface area (Å²) in [5.41, 5.74) is 3.08. The van der Waals surface area contributed by atoms with Crippen LogP contribution in [0.2, 0.25) is 0 Å². The Morgan fingerprint density at radius 3 is 2.40 bits per heavy atom. The maximum atomic E-state index is 10.6. The van der Waals surface area contributed by atoms with Crippen LogP contribution < -0.4 is 0 Å². The predicted octanol–water partition coefficient (Wildman–Crippen LogP) is 3.46. The van der Waals surface area contributed by atoms with Crippen LogP contribution in [0, 0.1) is 13.8 Å². The molecule has 0 heterocycles. The SMILES string of the molecule is Cc1ccc(C)c(C2(O)CCCCC2)c1. The van der Waals surface area contributed by atoms with Crippen LogP contribution in [0.1, 0.15) is 48.8 Å². The molecule has 2 rings (SSSR count). The quantitative estimate of drug-likeness (QED) is 0.742. The first kappa shape index (κ1) is 10.7. The molecular weight excluding hydrogens is 184 g/mol. The Kier molecular flexibility index (Phi) is 2.83. The third-order valence-electron chi connectivity index (χ3n) is 3.58. The van der Waals surface area contributed by atoms with E-state index >= 15 is 0 Å². The largest absolute Gasteiger partial charge is 0.385 e. The van der Waals surface area contributed by atoms with E-state index < -0.39 is 5.60 Å². The van der Waals surface area contributed by atoms with Crippen LogP contribution >= 0.6 is 0 Å². The third-order valence-corrected chi connectivity index (χ3v) is 3.58. The minimum absolute atomic E-state index is 0.547. The Balaban J connectivity index is 2.38. The lowest BCUT2D eigenvalue weighted by atomic mass is 9.78. The van der Waals surface area contributed by atoms with Crippen LogP contribution in [0.15, 0.2) is 18.2 Å². The van der Waals surface area contributed by atoms with Gasteiger partial charge in [-0.15, -0.1) is 0 Å². The monoisotopic (exact) mass is 204 g/mol. The Bertz CT molecular complexity index is 348. The van der Waals surface area contributed by atoms with Gasteiger partial charge >= 0.3 is 0 Å². The van der Waals surface area contributed by atoms with Crippen molar-refractivity contribution in [2.75, 3.05) is 0 Å². The van der Waals surface area contributed by atoms with Gasteiger partial charge in [0, 0.05) is 0 Å². The van der Waals surface area contributed by atoms with Gasteiger partial charge in [0.15, 0.2) is 0 Å². The maximum absolute atomic E-state index is 10.6. The summed E-state index contributed by atoms with van der Waals surface area (Å²) in [5, 5.41) is 10.6. The van der Waals surface area contributed by atoms with E-state index in [1.54, 1.807) is 0 Å². The lowest BCUT2D eigenvalue weighted by molar-refractivity contribution is -0.00122. The number of aryl methyl sites for hydroxylation is 2. The molecule has 0 aromatic heterocycles. The highest BCUT2D eigenvalue weighted by atomic mass is 16.3. The molecule has 0 radical (unpaired) electrons. The van der Waals surface area contributed by atoms with Gasteiger partial charge in [-0.3, -0.25) is 0 Å². The van der Waals surface area contributed by atoms with E-state index in [9.17, 15) is 5.11 Å². The number of benzene rings is 1. The molecular formula is C14H20O. The number of hydrogen-bond donors (Lipinski definition) is 1. The lowest BCUT2D eigenvalue weighted by Crippen LogP contribution is -2.29. The van der Waals surface area contributed by atoms with Crippen molar-refractivity contribution in [3.8, 4) is 0 Å².